The van der Waals surface area contributed by atoms with Gasteiger partial charge >= 0.3 is 12.2 Å². The number of benzene rings is 2. The van der Waals surface area contributed by atoms with Crippen LogP contribution in [-0.2, 0) is 16.1 Å². The number of aromatic nitrogens is 2. The van der Waals surface area contributed by atoms with Crippen LogP contribution in [0.4, 0.5) is 15.3 Å². The highest BCUT2D eigenvalue weighted by atomic mass is 16.6. The molecule has 0 spiro atoms. The second-order valence-corrected chi connectivity index (χ2v) is 9.03. The van der Waals surface area contributed by atoms with E-state index in [4.69, 9.17) is 9.47 Å². The summed E-state index contributed by atoms with van der Waals surface area (Å²) in [5.74, 6) is 0. The maximum atomic E-state index is 12.6. The van der Waals surface area contributed by atoms with Crippen LogP contribution in [0.3, 0.4) is 0 Å². The summed E-state index contributed by atoms with van der Waals surface area (Å²) in [6, 6.07) is 13.1. The second-order valence-electron chi connectivity index (χ2n) is 9.03. The maximum Gasteiger partial charge on any atom is 0.420 e. The van der Waals surface area contributed by atoms with Gasteiger partial charge in [-0.05, 0) is 51.8 Å². The van der Waals surface area contributed by atoms with Crippen molar-refractivity contribution in [2.45, 2.75) is 58.4 Å². The van der Waals surface area contributed by atoms with E-state index in [9.17, 15) is 9.59 Å². The summed E-state index contributed by atoms with van der Waals surface area (Å²) in [6.45, 7) is 7.70. The number of rotatable bonds is 3. The van der Waals surface area contributed by atoms with E-state index in [1.54, 1.807) is 0 Å². The molecule has 2 N–H and O–H groups in total. The molecule has 4 rings (SSSR count). The molecule has 1 amide bonds. The smallest absolute Gasteiger partial charge is 0.420 e. The number of nitrogens with zero attached hydrogens (tertiary/aromatic N) is 2. The van der Waals surface area contributed by atoms with E-state index in [1.807, 2.05) is 63.2 Å². The Labute approximate surface area is 186 Å². The number of amides is 1. The fourth-order valence-corrected chi connectivity index (χ4v) is 3.87. The Morgan fingerprint density at radius 1 is 1.19 bits per heavy atom. The lowest BCUT2D eigenvalue weighted by Gasteiger charge is -2.32. The van der Waals surface area contributed by atoms with Gasteiger partial charge in [0.05, 0.1) is 17.1 Å². The van der Waals surface area contributed by atoms with E-state index >= 15 is 0 Å². The van der Waals surface area contributed by atoms with E-state index in [0.29, 0.717) is 17.5 Å². The van der Waals surface area contributed by atoms with Crippen molar-refractivity contribution in [3.8, 4) is 0 Å². The molecule has 0 bridgehead atoms. The van der Waals surface area contributed by atoms with Crippen LogP contribution in [-0.4, -0.2) is 33.4 Å². The standard InChI is InChI=1S/C24H28N4O4/c1-15-12-18(27-22(29)31-13-16-8-6-5-7-9-16)20-17(26-15)10-11-19-21(20)25-14-28(19)23(30)32-24(2,3)4/h5-11,14-15,18,26H,12-13H2,1-4H3,(H,27,29)/t15-,18+/m1/s1. The average Bonchev–Trinajstić information content (AvgIpc) is 3.16. The minimum atomic E-state index is -0.620. The highest BCUT2D eigenvalue weighted by Gasteiger charge is 2.30. The van der Waals surface area contributed by atoms with Gasteiger partial charge in [-0.2, -0.15) is 0 Å². The van der Waals surface area contributed by atoms with Gasteiger partial charge in [0.1, 0.15) is 18.5 Å². The zero-order chi connectivity index (χ0) is 22.9. The number of ether oxygens (including phenoxy) is 2. The van der Waals surface area contributed by atoms with Crippen LogP contribution in [0, 0.1) is 0 Å². The van der Waals surface area contributed by atoms with Gasteiger partial charge in [0.25, 0.3) is 0 Å². The van der Waals surface area contributed by atoms with Gasteiger partial charge in [0.2, 0.25) is 0 Å². The molecular formula is C24H28N4O4. The summed E-state index contributed by atoms with van der Waals surface area (Å²) in [7, 11) is 0. The minimum absolute atomic E-state index is 0.146. The van der Waals surface area contributed by atoms with Gasteiger partial charge < -0.3 is 20.1 Å². The normalized spacial score (nSPS) is 17.9. The van der Waals surface area contributed by atoms with Crippen molar-refractivity contribution in [1.82, 2.24) is 14.9 Å². The van der Waals surface area contributed by atoms with Crippen LogP contribution in [0.25, 0.3) is 11.0 Å². The Bertz CT molecular complexity index is 1130. The summed E-state index contributed by atoms with van der Waals surface area (Å²) in [6.07, 6.45) is 1.12. The lowest BCUT2D eigenvalue weighted by Crippen LogP contribution is -2.36. The Balaban J connectivity index is 1.59. The van der Waals surface area contributed by atoms with Gasteiger partial charge in [-0.15, -0.1) is 0 Å². The zero-order valence-electron chi connectivity index (χ0n) is 18.7. The van der Waals surface area contributed by atoms with Crippen molar-refractivity contribution < 1.29 is 19.1 Å². The molecular weight excluding hydrogens is 408 g/mol. The van der Waals surface area contributed by atoms with Crippen LogP contribution in [0.1, 0.15) is 51.3 Å². The number of fused-ring (bicyclic) bond motifs is 3. The number of carbonyl (C=O) groups is 2. The van der Waals surface area contributed by atoms with E-state index in [2.05, 4.69) is 22.5 Å². The van der Waals surface area contributed by atoms with E-state index in [1.165, 1.54) is 10.9 Å². The molecule has 2 aromatic carbocycles. The first kappa shape index (κ1) is 21.7. The Morgan fingerprint density at radius 3 is 2.66 bits per heavy atom. The van der Waals surface area contributed by atoms with Crippen molar-refractivity contribution >= 4 is 28.9 Å². The summed E-state index contributed by atoms with van der Waals surface area (Å²) < 4.78 is 12.3. The molecule has 0 fully saturated rings. The Morgan fingerprint density at radius 2 is 1.94 bits per heavy atom. The van der Waals surface area contributed by atoms with E-state index < -0.39 is 17.8 Å². The highest BCUT2D eigenvalue weighted by Crippen LogP contribution is 2.37. The van der Waals surface area contributed by atoms with Crippen LogP contribution in [0.2, 0.25) is 0 Å². The highest BCUT2D eigenvalue weighted by molar-refractivity contribution is 5.92. The molecule has 8 heteroatoms. The monoisotopic (exact) mass is 436 g/mol. The fraction of sp³-hybridized carbons (Fsp3) is 0.375. The van der Waals surface area contributed by atoms with Crippen LogP contribution < -0.4 is 10.6 Å². The topological polar surface area (TPSA) is 94.5 Å². The number of hydrogen-bond donors (Lipinski definition) is 2. The molecule has 2 heterocycles. The van der Waals surface area contributed by atoms with Crippen molar-refractivity contribution in [2.75, 3.05) is 5.32 Å². The second kappa shape index (κ2) is 8.53. The molecule has 168 valence electrons. The lowest BCUT2D eigenvalue weighted by molar-refractivity contribution is 0.0543. The van der Waals surface area contributed by atoms with Crippen molar-refractivity contribution in [3.63, 3.8) is 0 Å². The summed E-state index contributed by atoms with van der Waals surface area (Å²) in [5.41, 5.74) is 3.27. The lowest BCUT2D eigenvalue weighted by atomic mass is 9.92. The SMILES string of the molecule is C[C@@H]1C[C@H](NC(=O)OCc2ccccc2)c2c(ccc3c2ncn3C(=O)OC(C)(C)C)N1. The Kier molecular flexibility index (Phi) is 5.78. The number of hydrogen-bond acceptors (Lipinski definition) is 6. The Hall–Kier alpha value is -3.55. The molecule has 3 aromatic rings. The molecule has 1 aliphatic heterocycles. The van der Waals surface area contributed by atoms with Crippen LogP contribution in [0.5, 0.6) is 0 Å². The predicted molar refractivity (Wildman–Crippen MR) is 122 cm³/mol. The number of carbonyl (C=O) groups excluding carboxylic acids is 2. The first-order valence-corrected chi connectivity index (χ1v) is 10.7. The first-order chi connectivity index (χ1) is 15.2. The van der Waals surface area contributed by atoms with E-state index in [0.717, 1.165) is 16.8 Å². The third-order valence-electron chi connectivity index (χ3n) is 5.19. The first-order valence-electron chi connectivity index (χ1n) is 10.7. The van der Waals surface area contributed by atoms with E-state index in [-0.39, 0.29) is 18.7 Å². The molecule has 0 aliphatic carbocycles. The number of anilines is 1. The molecule has 8 nitrogen and oxygen atoms in total. The molecule has 2 atom stereocenters. The molecule has 32 heavy (non-hydrogen) atoms. The average molecular weight is 437 g/mol. The fourth-order valence-electron chi connectivity index (χ4n) is 3.87. The summed E-state index contributed by atoms with van der Waals surface area (Å²) in [4.78, 5) is 29.7. The molecule has 0 saturated heterocycles. The molecule has 1 aliphatic rings. The molecule has 0 unspecified atom stereocenters. The number of alkyl carbamates (subject to hydrolysis) is 1. The van der Waals surface area contributed by atoms with Gasteiger partial charge in [-0.1, -0.05) is 30.3 Å². The third kappa shape index (κ3) is 4.69. The molecule has 0 saturated carbocycles. The zero-order valence-corrected chi connectivity index (χ0v) is 18.7. The molecule has 1 aromatic heterocycles. The quantitative estimate of drug-likeness (QED) is 0.601. The van der Waals surface area contributed by atoms with Crippen LogP contribution >= 0.6 is 0 Å². The van der Waals surface area contributed by atoms with Gasteiger partial charge in [-0.3, -0.25) is 0 Å². The van der Waals surface area contributed by atoms with Crippen molar-refractivity contribution in [2.24, 2.45) is 0 Å². The largest absolute Gasteiger partial charge is 0.445 e. The summed E-state index contributed by atoms with van der Waals surface area (Å²) in [5, 5.41) is 6.41. The molecule has 0 radical (unpaired) electrons. The van der Waals surface area contributed by atoms with Crippen LogP contribution in [0.15, 0.2) is 48.8 Å². The van der Waals surface area contributed by atoms with Crippen molar-refractivity contribution in [3.05, 3.63) is 59.9 Å². The number of nitrogens with one attached hydrogen (secondary N) is 2. The third-order valence-corrected chi connectivity index (χ3v) is 5.19. The van der Waals surface area contributed by atoms with Gasteiger partial charge in [0.15, 0.2) is 0 Å². The minimum Gasteiger partial charge on any atom is -0.445 e. The predicted octanol–water partition coefficient (Wildman–Crippen LogP) is 4.99. The summed E-state index contributed by atoms with van der Waals surface area (Å²) >= 11 is 0. The maximum absolute atomic E-state index is 12.6. The van der Waals surface area contributed by atoms with Gasteiger partial charge in [0, 0.05) is 17.3 Å². The number of imidazole rings is 1. The van der Waals surface area contributed by atoms with Crippen molar-refractivity contribution in [1.29, 1.82) is 0 Å². The van der Waals surface area contributed by atoms with Gasteiger partial charge in [-0.25, -0.2) is 19.1 Å².